The first kappa shape index (κ1) is 45.6. The summed E-state index contributed by atoms with van der Waals surface area (Å²) >= 11 is 0. The molecule has 12 rings (SSSR count). The first-order valence-electron chi connectivity index (χ1n) is 25.7. The zero-order valence-corrected chi connectivity index (χ0v) is 42.6. The summed E-state index contributed by atoms with van der Waals surface area (Å²) in [6, 6.07) is 92.4. The van der Waals surface area contributed by atoms with Gasteiger partial charge in [0.2, 0.25) is 0 Å². The van der Waals surface area contributed by atoms with Gasteiger partial charge < -0.3 is 4.90 Å². The third-order valence-corrected chi connectivity index (χ3v) is 15.0. The number of anilines is 3. The highest BCUT2D eigenvalue weighted by Crippen LogP contribution is 2.47. The molecule has 0 amide bonds. The molecule has 73 heavy (non-hydrogen) atoms. The zero-order chi connectivity index (χ0) is 49.8. The number of rotatable bonds is 8. The summed E-state index contributed by atoms with van der Waals surface area (Å²) in [5.41, 5.74) is 18.0. The molecule has 0 fully saturated rings. The van der Waals surface area contributed by atoms with Crippen molar-refractivity contribution in [3.8, 4) is 55.6 Å². The van der Waals surface area contributed by atoms with Gasteiger partial charge >= 0.3 is 0 Å². The summed E-state index contributed by atoms with van der Waals surface area (Å²) in [6.45, 7) is 13.9. The van der Waals surface area contributed by atoms with Crippen molar-refractivity contribution < 1.29 is 0 Å². The van der Waals surface area contributed by atoms with Crippen LogP contribution in [0.3, 0.4) is 0 Å². The fourth-order valence-corrected chi connectivity index (χ4v) is 11.0. The molecule has 12 aromatic rings. The van der Waals surface area contributed by atoms with E-state index in [0.717, 1.165) is 17.1 Å². The minimum Gasteiger partial charge on any atom is -0.310 e. The second kappa shape index (κ2) is 18.3. The van der Waals surface area contributed by atoms with Crippen LogP contribution in [0, 0.1) is 0 Å². The molecule has 0 heterocycles. The maximum absolute atomic E-state index is 2.46. The van der Waals surface area contributed by atoms with E-state index in [4.69, 9.17) is 0 Å². The number of hydrogen-bond acceptors (Lipinski definition) is 1. The molecule has 0 saturated carbocycles. The molecule has 1 heteroatoms. The van der Waals surface area contributed by atoms with Crippen LogP contribution in [0.1, 0.15) is 52.7 Å². The fourth-order valence-electron chi connectivity index (χ4n) is 11.0. The van der Waals surface area contributed by atoms with Crippen LogP contribution in [0.25, 0.3) is 98.7 Å². The maximum Gasteiger partial charge on any atom is 0.0540 e. The number of hydrogen-bond donors (Lipinski definition) is 0. The van der Waals surface area contributed by atoms with Crippen LogP contribution >= 0.6 is 0 Å². The highest BCUT2D eigenvalue weighted by Gasteiger charge is 2.24. The minimum absolute atomic E-state index is 0.0125. The van der Waals surface area contributed by atoms with Gasteiger partial charge in [0.15, 0.2) is 0 Å². The Morgan fingerprint density at radius 3 is 1.45 bits per heavy atom. The standard InChI is InChI=1S/C72H59N/c1-71(2,3)56-44-55(45-57(47-56)72(4,5)6)64-30-15-21-53-22-16-32-68(70(53)64)67-27-11-12-33-69(67)73(59-24-13-23-54(46-59)63-29-17-31-65-62-26-10-8-19-51(62)40-43-66(63)65)58-41-38-49(39-42-58)48-34-36-52(37-35-48)61-28-14-20-50-18-7-9-25-60(50)61/h7-47H,1-6H3. The molecular formula is C72H59N. The Kier molecular flexibility index (Phi) is 11.4. The quantitative estimate of drug-likeness (QED) is 0.137. The SMILES string of the molecule is CC(C)(C)c1cc(-c2cccc3cccc(-c4ccccc4N(c4ccc(-c5ccc(-c6cccc7ccccc67)cc5)cc4)c4cccc(-c5cccc6c5ccc5ccccc56)c4)c23)cc(C(C)(C)C)c1. The lowest BCUT2D eigenvalue weighted by Crippen LogP contribution is -2.16. The first-order chi connectivity index (χ1) is 35.5. The van der Waals surface area contributed by atoms with E-state index < -0.39 is 0 Å². The third-order valence-electron chi connectivity index (χ3n) is 15.0. The van der Waals surface area contributed by atoms with Gasteiger partial charge in [-0.15, -0.1) is 0 Å². The summed E-state index contributed by atoms with van der Waals surface area (Å²) in [4.78, 5) is 2.46. The van der Waals surface area contributed by atoms with Crippen molar-refractivity contribution in [1.29, 1.82) is 0 Å². The molecule has 0 aliphatic carbocycles. The van der Waals surface area contributed by atoms with Crippen LogP contribution in [-0.4, -0.2) is 0 Å². The summed E-state index contributed by atoms with van der Waals surface area (Å²) in [5, 5.41) is 10.0. The van der Waals surface area contributed by atoms with E-state index in [9.17, 15) is 0 Å². The Balaban J connectivity index is 1.02. The lowest BCUT2D eigenvalue weighted by Gasteiger charge is -2.29. The van der Waals surface area contributed by atoms with Gasteiger partial charge in [-0.25, -0.2) is 0 Å². The molecule has 0 radical (unpaired) electrons. The highest BCUT2D eigenvalue weighted by molar-refractivity contribution is 6.13. The van der Waals surface area contributed by atoms with Crippen molar-refractivity contribution in [1.82, 2.24) is 0 Å². The van der Waals surface area contributed by atoms with Crippen molar-refractivity contribution in [2.45, 2.75) is 52.4 Å². The predicted molar refractivity (Wildman–Crippen MR) is 316 cm³/mol. The molecule has 0 bridgehead atoms. The molecule has 1 nitrogen and oxygen atoms in total. The molecule has 12 aromatic carbocycles. The largest absolute Gasteiger partial charge is 0.310 e. The molecular weight excluding hydrogens is 879 g/mol. The molecule has 0 aromatic heterocycles. The smallest absolute Gasteiger partial charge is 0.0540 e. The Hall–Kier alpha value is -8.52. The predicted octanol–water partition coefficient (Wildman–Crippen LogP) is 20.7. The Bertz CT molecular complexity index is 3990. The first-order valence-corrected chi connectivity index (χ1v) is 25.7. The Morgan fingerprint density at radius 2 is 0.753 bits per heavy atom. The summed E-state index contributed by atoms with van der Waals surface area (Å²) < 4.78 is 0. The van der Waals surface area contributed by atoms with Crippen molar-refractivity contribution in [2.75, 3.05) is 4.90 Å². The van der Waals surface area contributed by atoms with Crippen LogP contribution in [0.2, 0.25) is 0 Å². The Labute approximate surface area is 430 Å². The topological polar surface area (TPSA) is 3.24 Å². The van der Waals surface area contributed by atoms with Crippen LogP contribution < -0.4 is 4.90 Å². The molecule has 0 spiro atoms. The molecule has 0 atom stereocenters. The van der Waals surface area contributed by atoms with E-state index in [-0.39, 0.29) is 10.8 Å². The fraction of sp³-hybridized carbons (Fsp3) is 0.111. The summed E-state index contributed by atoms with van der Waals surface area (Å²) in [7, 11) is 0. The lowest BCUT2D eigenvalue weighted by molar-refractivity contribution is 0.569. The lowest BCUT2D eigenvalue weighted by atomic mass is 9.78. The molecule has 0 aliphatic rings. The van der Waals surface area contributed by atoms with Gasteiger partial charge in [0, 0.05) is 16.9 Å². The second-order valence-electron chi connectivity index (χ2n) is 21.7. The zero-order valence-electron chi connectivity index (χ0n) is 42.6. The van der Waals surface area contributed by atoms with Gasteiger partial charge in [0.1, 0.15) is 0 Å². The van der Waals surface area contributed by atoms with Crippen LogP contribution in [0.15, 0.2) is 249 Å². The minimum atomic E-state index is -0.0125. The molecule has 0 saturated heterocycles. The molecule has 0 aliphatic heterocycles. The van der Waals surface area contributed by atoms with Gasteiger partial charge in [-0.3, -0.25) is 0 Å². The number of benzene rings is 12. The molecule has 352 valence electrons. The van der Waals surface area contributed by atoms with E-state index >= 15 is 0 Å². The third kappa shape index (κ3) is 8.55. The van der Waals surface area contributed by atoms with Gasteiger partial charge in [-0.2, -0.15) is 0 Å². The van der Waals surface area contributed by atoms with Gasteiger partial charge in [0.25, 0.3) is 0 Å². The van der Waals surface area contributed by atoms with E-state index in [2.05, 4.69) is 295 Å². The van der Waals surface area contributed by atoms with Crippen molar-refractivity contribution in [3.05, 3.63) is 260 Å². The average Bonchev–Trinajstić information content (AvgIpc) is 3.42. The maximum atomic E-state index is 2.46. The number of nitrogens with zero attached hydrogens (tertiary/aromatic N) is 1. The van der Waals surface area contributed by atoms with Crippen LogP contribution in [0.4, 0.5) is 17.1 Å². The van der Waals surface area contributed by atoms with Gasteiger partial charge in [-0.05, 0) is 145 Å². The number of fused-ring (bicyclic) bond motifs is 5. The van der Waals surface area contributed by atoms with Crippen molar-refractivity contribution in [3.63, 3.8) is 0 Å². The summed E-state index contributed by atoms with van der Waals surface area (Å²) in [6.07, 6.45) is 0. The van der Waals surface area contributed by atoms with Crippen LogP contribution in [-0.2, 0) is 10.8 Å². The molecule has 0 N–H and O–H groups in total. The average molecular weight is 938 g/mol. The van der Waals surface area contributed by atoms with Gasteiger partial charge in [0.05, 0.1) is 5.69 Å². The van der Waals surface area contributed by atoms with E-state index in [1.807, 2.05) is 0 Å². The van der Waals surface area contributed by atoms with Crippen molar-refractivity contribution in [2.24, 2.45) is 0 Å². The van der Waals surface area contributed by atoms with Gasteiger partial charge in [-0.1, -0.05) is 260 Å². The summed E-state index contributed by atoms with van der Waals surface area (Å²) in [5.74, 6) is 0. The Morgan fingerprint density at radius 1 is 0.260 bits per heavy atom. The highest BCUT2D eigenvalue weighted by atomic mass is 15.1. The molecule has 0 unspecified atom stereocenters. The van der Waals surface area contributed by atoms with Crippen LogP contribution in [0.5, 0.6) is 0 Å². The monoisotopic (exact) mass is 937 g/mol. The number of para-hydroxylation sites is 1. The van der Waals surface area contributed by atoms with E-state index in [0.29, 0.717) is 0 Å². The normalized spacial score (nSPS) is 12.0. The van der Waals surface area contributed by atoms with E-state index in [1.54, 1.807) is 0 Å². The van der Waals surface area contributed by atoms with E-state index in [1.165, 1.54) is 110 Å². The van der Waals surface area contributed by atoms with Crippen molar-refractivity contribution >= 4 is 60.2 Å². The second-order valence-corrected chi connectivity index (χ2v) is 21.7.